The summed E-state index contributed by atoms with van der Waals surface area (Å²) in [5.74, 6) is -0.456. The average Bonchev–Trinajstić information content (AvgIpc) is 3.99. The van der Waals surface area contributed by atoms with Crippen molar-refractivity contribution >= 4 is 57.8 Å². The van der Waals surface area contributed by atoms with Crippen LogP contribution in [0.1, 0.15) is 60.1 Å². The van der Waals surface area contributed by atoms with Crippen molar-refractivity contribution in [2.24, 2.45) is 0 Å². The van der Waals surface area contributed by atoms with E-state index in [1.54, 1.807) is 62.4 Å². The zero-order valence-corrected chi connectivity index (χ0v) is 33.8. The minimum atomic E-state index is -1.06. The van der Waals surface area contributed by atoms with Gasteiger partial charge < -0.3 is 30.0 Å². The van der Waals surface area contributed by atoms with E-state index >= 15 is 0 Å². The average molecular weight is 828 g/mol. The van der Waals surface area contributed by atoms with Gasteiger partial charge >= 0.3 is 0 Å². The monoisotopic (exact) mass is 826 g/mol. The molecule has 0 aliphatic carbocycles. The zero-order chi connectivity index (χ0) is 42.2. The summed E-state index contributed by atoms with van der Waals surface area (Å²) < 4.78 is 10.7. The van der Waals surface area contributed by atoms with Crippen LogP contribution < -0.4 is 21.5 Å². The number of hydrogen-bond acceptors (Lipinski definition) is 10. The number of hydrazine groups is 1. The van der Waals surface area contributed by atoms with Gasteiger partial charge in [-0.05, 0) is 88.1 Å². The Balaban J connectivity index is 0.000000228. The second-order valence-electron chi connectivity index (χ2n) is 13.0. The zero-order valence-electron chi connectivity index (χ0n) is 32.3. The fourth-order valence-electron chi connectivity index (χ4n) is 5.38. The van der Waals surface area contributed by atoms with Gasteiger partial charge in [0.2, 0.25) is 23.2 Å². The number of nitrogens with one attached hydrogen (secondary N) is 4. The highest BCUT2D eigenvalue weighted by Crippen LogP contribution is 2.36. The molecule has 6 N–H and O–H groups in total. The summed E-state index contributed by atoms with van der Waals surface area (Å²) in [7, 11) is 0. The quantitative estimate of drug-likeness (QED) is 0.0592. The summed E-state index contributed by atoms with van der Waals surface area (Å²) in [4.78, 5) is 31.1. The third-order valence-corrected chi connectivity index (χ3v) is 9.69. The maximum absolute atomic E-state index is 12.4. The van der Waals surface area contributed by atoms with E-state index in [0.717, 1.165) is 18.8 Å². The van der Waals surface area contributed by atoms with Gasteiger partial charge in [-0.2, -0.15) is 0 Å². The van der Waals surface area contributed by atoms with Crippen LogP contribution in [0, 0.1) is 27.0 Å². The van der Waals surface area contributed by atoms with Crippen LogP contribution in [0.3, 0.4) is 0 Å². The summed E-state index contributed by atoms with van der Waals surface area (Å²) >= 11 is 12.4. The molecule has 14 nitrogen and oxygen atoms in total. The molecule has 6 rings (SSSR count). The van der Waals surface area contributed by atoms with E-state index in [4.69, 9.17) is 45.5 Å². The molecule has 2 heterocycles. The van der Waals surface area contributed by atoms with E-state index in [1.165, 1.54) is 25.8 Å². The normalized spacial score (nSPS) is 13.7. The van der Waals surface area contributed by atoms with Crippen molar-refractivity contribution < 1.29 is 29.0 Å². The van der Waals surface area contributed by atoms with Crippen molar-refractivity contribution in [1.82, 2.24) is 21.0 Å². The number of ether oxygens (including phenoxy) is 1. The number of rotatable bonds is 10. The number of aliphatic hydroxyl groups excluding tert-OH is 2. The summed E-state index contributed by atoms with van der Waals surface area (Å²) in [5, 5.41) is 35.0. The maximum atomic E-state index is 12.4. The molecule has 16 heteroatoms. The summed E-state index contributed by atoms with van der Waals surface area (Å²) in [6.45, 7) is 22.8. The van der Waals surface area contributed by atoms with Gasteiger partial charge in [0.05, 0.1) is 35.4 Å². The number of nitrogens with zero attached hydrogens (tertiary/aromatic N) is 4. The SMILES string of the molecule is C1CCOC1.[C-]#[N+]c1ccc(N[C@@H](C(=O)NNC(=O)c2ccccc2)[C@H](C)O)c(C)c1Cl.[C-]#[N+]c1ccc(N[C@@H](c2nnc(-c3ccccc3)o2)[C@H](C)O)c(C)c1Cl. The van der Waals surface area contributed by atoms with E-state index in [1.807, 2.05) is 37.3 Å². The van der Waals surface area contributed by atoms with Crippen LogP contribution in [0.4, 0.5) is 22.7 Å². The predicted octanol–water partition coefficient (Wildman–Crippen LogP) is 8.40. The van der Waals surface area contributed by atoms with Gasteiger partial charge in [-0.1, -0.05) is 71.7 Å². The molecule has 0 spiro atoms. The molecule has 0 unspecified atom stereocenters. The summed E-state index contributed by atoms with van der Waals surface area (Å²) in [6.07, 6.45) is 0.704. The van der Waals surface area contributed by atoms with Gasteiger partial charge in [0, 0.05) is 35.7 Å². The number of aromatic nitrogens is 2. The lowest BCUT2D eigenvalue weighted by atomic mass is 10.1. The molecule has 0 bridgehead atoms. The van der Waals surface area contributed by atoms with Gasteiger partial charge in [0.25, 0.3) is 11.8 Å². The number of anilines is 2. The van der Waals surface area contributed by atoms with Gasteiger partial charge in [-0.3, -0.25) is 20.4 Å². The van der Waals surface area contributed by atoms with E-state index in [-0.39, 0.29) is 10.9 Å². The maximum Gasteiger partial charge on any atom is 0.269 e. The minimum Gasteiger partial charge on any atom is -0.418 e. The van der Waals surface area contributed by atoms with E-state index in [9.17, 15) is 19.8 Å². The molecule has 1 fully saturated rings. The molecule has 5 aromatic rings. The Kier molecular flexibility index (Phi) is 17.0. The van der Waals surface area contributed by atoms with Crippen molar-refractivity contribution in [3.63, 3.8) is 0 Å². The predicted molar refractivity (Wildman–Crippen MR) is 224 cm³/mol. The Hall–Kier alpha value is -6.00. The number of carbonyl (C=O) groups is 2. The smallest absolute Gasteiger partial charge is 0.269 e. The Morgan fingerprint density at radius 2 is 1.28 bits per heavy atom. The first-order chi connectivity index (χ1) is 27.9. The van der Waals surface area contributed by atoms with Gasteiger partial charge in [-0.15, -0.1) is 10.2 Å². The highest BCUT2D eigenvalue weighted by Gasteiger charge is 2.27. The molecule has 1 aliphatic heterocycles. The van der Waals surface area contributed by atoms with Gasteiger partial charge in [0.15, 0.2) is 0 Å². The fraction of sp³-hybridized carbons (Fsp3) is 0.286. The van der Waals surface area contributed by atoms with Crippen molar-refractivity contribution in [2.45, 2.75) is 64.8 Å². The number of aliphatic hydroxyl groups is 2. The van der Waals surface area contributed by atoms with E-state index in [0.29, 0.717) is 50.4 Å². The lowest BCUT2D eigenvalue weighted by molar-refractivity contribution is -0.124. The molecular formula is C42H44Cl2N8O6. The number of halogens is 2. The van der Waals surface area contributed by atoms with E-state index < -0.39 is 36.1 Å². The molecule has 302 valence electrons. The molecule has 1 aromatic heterocycles. The second kappa shape index (κ2) is 22.1. The summed E-state index contributed by atoms with van der Waals surface area (Å²) in [6, 6.07) is 22.7. The third-order valence-electron chi connectivity index (χ3n) is 8.73. The number of benzene rings is 4. The van der Waals surface area contributed by atoms with Crippen molar-refractivity contribution in [3.8, 4) is 11.5 Å². The highest BCUT2D eigenvalue weighted by atomic mass is 35.5. The standard InChI is InChI=1S/C19H19ClN4O3.C19H17ClN4O2.C4H8O/c1-11-14(9-10-15(21-3)16(11)20)22-17(12(2)25)19(27)24-23-18(26)13-7-5-4-6-8-13;1-11-14(9-10-15(21-3)16(11)20)22-17(12(2)25)19-24-23-18(26-19)13-7-5-4-6-8-13;1-2-4-5-3-1/h4-10,12,17,22,25H,1-2H3,(H,23,26)(H,24,27);4-10,12,17,22,25H,1-2H3;1-4H2/t2*12-,17+;/m00./s1. The van der Waals surface area contributed by atoms with Crippen LogP contribution in [0.5, 0.6) is 0 Å². The first kappa shape index (κ1) is 44.7. The van der Waals surface area contributed by atoms with Crippen LogP contribution in [-0.2, 0) is 9.53 Å². The molecule has 0 saturated carbocycles. The van der Waals surface area contributed by atoms with Crippen molar-refractivity contribution in [2.75, 3.05) is 23.8 Å². The van der Waals surface area contributed by atoms with Crippen LogP contribution in [-0.4, -0.2) is 63.7 Å². The Morgan fingerprint density at radius 1 is 0.741 bits per heavy atom. The first-order valence-corrected chi connectivity index (χ1v) is 19.0. The molecule has 2 amide bonds. The first-order valence-electron chi connectivity index (χ1n) is 18.2. The van der Waals surface area contributed by atoms with Crippen LogP contribution >= 0.6 is 23.2 Å². The largest absolute Gasteiger partial charge is 0.418 e. The molecule has 58 heavy (non-hydrogen) atoms. The molecule has 0 radical (unpaired) electrons. The fourth-order valence-corrected chi connectivity index (χ4v) is 5.80. The minimum absolute atomic E-state index is 0.267. The van der Waals surface area contributed by atoms with Crippen molar-refractivity contribution in [1.29, 1.82) is 0 Å². The van der Waals surface area contributed by atoms with Gasteiger partial charge in [-0.25, -0.2) is 9.69 Å². The Morgan fingerprint density at radius 3 is 1.76 bits per heavy atom. The number of hydrogen-bond donors (Lipinski definition) is 6. The van der Waals surface area contributed by atoms with Crippen LogP contribution in [0.2, 0.25) is 10.0 Å². The molecule has 4 atom stereocenters. The molecular weight excluding hydrogens is 783 g/mol. The second-order valence-corrected chi connectivity index (χ2v) is 13.8. The number of amides is 2. The molecule has 1 aliphatic rings. The Labute approximate surface area is 347 Å². The lowest BCUT2D eigenvalue weighted by Gasteiger charge is -2.23. The lowest BCUT2D eigenvalue weighted by Crippen LogP contribution is -2.52. The Bertz CT molecular complexity index is 2210. The van der Waals surface area contributed by atoms with Crippen molar-refractivity contribution in [3.05, 3.63) is 140 Å². The highest BCUT2D eigenvalue weighted by molar-refractivity contribution is 6.34. The van der Waals surface area contributed by atoms with Gasteiger partial charge in [0.1, 0.15) is 12.1 Å². The molecule has 1 saturated heterocycles. The van der Waals surface area contributed by atoms with Crippen LogP contribution in [0.15, 0.2) is 89.3 Å². The summed E-state index contributed by atoms with van der Waals surface area (Å²) in [5.41, 5.74) is 8.96. The number of carbonyl (C=O) groups excluding carboxylic acids is 2. The van der Waals surface area contributed by atoms with Crippen LogP contribution in [0.25, 0.3) is 21.1 Å². The third kappa shape index (κ3) is 12.2. The van der Waals surface area contributed by atoms with E-state index in [2.05, 4.69) is 41.4 Å². The topological polar surface area (TPSA) is 180 Å². The molecule has 4 aromatic carbocycles.